The summed E-state index contributed by atoms with van der Waals surface area (Å²) in [6.07, 6.45) is 6.64. The molecule has 10 heteroatoms. The lowest BCUT2D eigenvalue weighted by molar-refractivity contribution is -0.116. The lowest BCUT2D eigenvalue weighted by Crippen LogP contribution is -2.21. The van der Waals surface area contributed by atoms with Crippen LogP contribution in [-0.2, 0) is 11.3 Å². The van der Waals surface area contributed by atoms with E-state index in [9.17, 15) is 9.18 Å². The normalized spacial score (nSPS) is 11.3. The average Bonchev–Trinajstić information content (AvgIpc) is 3.51. The number of hydrogen-bond acceptors (Lipinski definition) is 7. The zero-order valence-corrected chi connectivity index (χ0v) is 22.3. The van der Waals surface area contributed by atoms with Crippen molar-refractivity contribution in [3.63, 3.8) is 0 Å². The molecule has 0 bridgehead atoms. The average molecular weight is 540 g/mol. The first-order chi connectivity index (χ1) is 18.9. The smallest absolute Gasteiger partial charge is 0.244 e. The minimum Gasteiger partial charge on any atom is -0.342 e. The molecule has 0 radical (unpaired) electrons. The Bertz CT molecular complexity index is 1730. The van der Waals surface area contributed by atoms with Crippen molar-refractivity contribution < 1.29 is 9.18 Å². The van der Waals surface area contributed by atoms with Crippen molar-refractivity contribution in [1.29, 1.82) is 0 Å². The van der Waals surface area contributed by atoms with Crippen molar-refractivity contribution in [3.8, 4) is 11.8 Å². The van der Waals surface area contributed by atoms with Crippen LogP contribution in [0.15, 0.2) is 73.2 Å². The molecule has 0 aliphatic carbocycles. The molecule has 0 fully saturated rings. The maximum absolute atomic E-state index is 13.6. The number of anilines is 2. The fourth-order valence-electron chi connectivity index (χ4n) is 3.94. The third-order valence-corrected chi connectivity index (χ3v) is 6.72. The number of rotatable bonds is 8. The van der Waals surface area contributed by atoms with E-state index in [1.54, 1.807) is 18.3 Å². The van der Waals surface area contributed by atoms with Gasteiger partial charge in [0.15, 0.2) is 0 Å². The number of nitrogens with one attached hydrogen (secondary N) is 2. The van der Waals surface area contributed by atoms with Crippen LogP contribution in [0.1, 0.15) is 10.4 Å². The number of fused-ring (bicyclic) bond motifs is 2. The Morgan fingerprint density at radius 1 is 1.18 bits per heavy atom. The van der Waals surface area contributed by atoms with E-state index in [1.165, 1.54) is 35.9 Å². The van der Waals surface area contributed by atoms with Crippen molar-refractivity contribution in [2.24, 2.45) is 0 Å². The quantitative estimate of drug-likeness (QED) is 0.222. The molecule has 5 aromatic rings. The third kappa shape index (κ3) is 6.65. The first-order valence-corrected chi connectivity index (χ1v) is 13.1. The van der Waals surface area contributed by atoms with Gasteiger partial charge < -0.3 is 15.5 Å². The molecule has 2 aromatic carbocycles. The van der Waals surface area contributed by atoms with Gasteiger partial charge in [-0.05, 0) is 56.1 Å². The number of carbonyl (C=O) groups is 1. The second-order valence-corrected chi connectivity index (χ2v) is 10.1. The standard InChI is InChI=1S/C29H26FN7OS/c1-36(2)13-5-9-27(38)31-12-4-8-24-16-25-28(32-19-33-29(25)39-24)35-23-10-11-26-21(15-23)17-34-37(26)18-20-6-3-7-22(30)14-20/h3,5-7,9-11,14-17,19H,12-13,18H2,1-2H3,(H,31,38)(H,32,33,35). The molecule has 39 heavy (non-hydrogen) atoms. The monoisotopic (exact) mass is 539 g/mol. The number of aromatic nitrogens is 4. The van der Waals surface area contributed by atoms with Crippen LogP contribution in [0.3, 0.4) is 0 Å². The molecule has 2 N–H and O–H groups in total. The fraction of sp³-hybridized carbons (Fsp3) is 0.172. The maximum Gasteiger partial charge on any atom is 0.244 e. The van der Waals surface area contributed by atoms with E-state index in [4.69, 9.17) is 0 Å². The highest BCUT2D eigenvalue weighted by Gasteiger charge is 2.10. The molecule has 0 unspecified atom stereocenters. The molecule has 196 valence electrons. The Morgan fingerprint density at radius 3 is 2.92 bits per heavy atom. The van der Waals surface area contributed by atoms with Crippen LogP contribution in [0.25, 0.3) is 21.1 Å². The lowest BCUT2D eigenvalue weighted by atomic mass is 10.2. The number of amides is 1. The first-order valence-electron chi connectivity index (χ1n) is 12.2. The van der Waals surface area contributed by atoms with Gasteiger partial charge in [0.25, 0.3) is 0 Å². The molecule has 1 amide bonds. The Labute approximate surface area is 229 Å². The number of nitrogens with zero attached hydrogens (tertiary/aromatic N) is 5. The minimum atomic E-state index is -0.260. The summed E-state index contributed by atoms with van der Waals surface area (Å²) >= 11 is 1.47. The number of carbonyl (C=O) groups excluding carboxylic acids is 1. The van der Waals surface area contributed by atoms with Gasteiger partial charge in [0.2, 0.25) is 5.91 Å². The van der Waals surface area contributed by atoms with E-state index < -0.39 is 0 Å². The molecular weight excluding hydrogens is 513 g/mol. The highest BCUT2D eigenvalue weighted by molar-refractivity contribution is 7.19. The molecular formula is C29H26FN7OS. The van der Waals surface area contributed by atoms with Gasteiger partial charge in [0.1, 0.15) is 22.8 Å². The molecule has 5 rings (SSSR count). The summed E-state index contributed by atoms with van der Waals surface area (Å²) < 4.78 is 15.4. The molecule has 3 aromatic heterocycles. The molecule has 0 aliphatic rings. The predicted molar refractivity (Wildman–Crippen MR) is 154 cm³/mol. The van der Waals surface area contributed by atoms with Gasteiger partial charge >= 0.3 is 0 Å². The van der Waals surface area contributed by atoms with Gasteiger partial charge in [-0.1, -0.05) is 30.0 Å². The van der Waals surface area contributed by atoms with Crippen molar-refractivity contribution in [1.82, 2.24) is 30.0 Å². The van der Waals surface area contributed by atoms with E-state index in [1.807, 2.05) is 54.0 Å². The van der Waals surface area contributed by atoms with E-state index >= 15 is 0 Å². The van der Waals surface area contributed by atoms with Crippen LogP contribution in [0.4, 0.5) is 15.9 Å². The largest absolute Gasteiger partial charge is 0.342 e. The summed E-state index contributed by atoms with van der Waals surface area (Å²) in [5.41, 5.74) is 2.66. The number of benzene rings is 2. The minimum absolute atomic E-state index is 0.170. The van der Waals surface area contributed by atoms with Gasteiger partial charge in [-0.25, -0.2) is 14.4 Å². The SMILES string of the molecule is CN(C)CC=CC(=O)NCC#Cc1cc2c(Nc3ccc4c(cnn4Cc4cccc(F)c4)c3)ncnc2s1. The Kier molecular flexibility index (Phi) is 7.91. The van der Waals surface area contributed by atoms with Gasteiger partial charge in [-0.3, -0.25) is 9.48 Å². The highest BCUT2D eigenvalue weighted by atomic mass is 32.1. The molecule has 0 saturated carbocycles. The van der Waals surface area contributed by atoms with Crippen LogP contribution in [0.5, 0.6) is 0 Å². The summed E-state index contributed by atoms with van der Waals surface area (Å²) in [4.78, 5) is 24.3. The number of halogens is 1. The molecule has 0 saturated heterocycles. The topological polar surface area (TPSA) is 88.0 Å². The van der Waals surface area contributed by atoms with E-state index in [0.29, 0.717) is 18.9 Å². The Morgan fingerprint density at radius 2 is 2.08 bits per heavy atom. The predicted octanol–water partition coefficient (Wildman–Crippen LogP) is 4.56. The maximum atomic E-state index is 13.6. The fourth-order valence-corrected chi connectivity index (χ4v) is 4.82. The van der Waals surface area contributed by atoms with Crippen molar-refractivity contribution >= 4 is 49.9 Å². The first kappa shape index (κ1) is 26.0. The number of likely N-dealkylation sites (N-methyl/N-ethyl adjacent to an activating group) is 1. The Hall–Kier alpha value is -4.59. The summed E-state index contributed by atoms with van der Waals surface area (Å²) in [5.74, 6) is 6.33. The van der Waals surface area contributed by atoms with Crippen LogP contribution < -0.4 is 10.6 Å². The van der Waals surface area contributed by atoms with Gasteiger partial charge in [0, 0.05) is 23.7 Å². The van der Waals surface area contributed by atoms with Gasteiger partial charge in [-0.15, -0.1) is 11.3 Å². The molecule has 3 heterocycles. The van der Waals surface area contributed by atoms with E-state index in [2.05, 4.69) is 37.5 Å². The third-order valence-electron chi connectivity index (χ3n) is 5.76. The second kappa shape index (κ2) is 11.9. The number of hydrogen-bond donors (Lipinski definition) is 2. The molecule has 8 nitrogen and oxygen atoms in total. The van der Waals surface area contributed by atoms with Gasteiger partial charge in [0.05, 0.1) is 35.1 Å². The summed E-state index contributed by atoms with van der Waals surface area (Å²) in [6.45, 7) is 1.44. The number of thiophene rings is 1. The summed E-state index contributed by atoms with van der Waals surface area (Å²) in [7, 11) is 3.88. The van der Waals surface area contributed by atoms with E-state index in [0.717, 1.165) is 37.2 Å². The molecule has 0 spiro atoms. The van der Waals surface area contributed by atoms with Crippen LogP contribution in [0.2, 0.25) is 0 Å². The van der Waals surface area contributed by atoms with Crippen molar-refractivity contribution in [2.75, 3.05) is 32.5 Å². The van der Waals surface area contributed by atoms with Crippen molar-refractivity contribution in [2.45, 2.75) is 6.54 Å². The highest BCUT2D eigenvalue weighted by Crippen LogP contribution is 2.30. The molecule has 0 atom stereocenters. The lowest BCUT2D eigenvalue weighted by Gasteiger charge is -2.08. The van der Waals surface area contributed by atoms with Crippen LogP contribution in [0, 0.1) is 17.7 Å². The van der Waals surface area contributed by atoms with Crippen LogP contribution in [-0.4, -0.2) is 57.7 Å². The van der Waals surface area contributed by atoms with Crippen LogP contribution >= 0.6 is 11.3 Å². The summed E-state index contributed by atoms with van der Waals surface area (Å²) in [5, 5.41) is 12.4. The van der Waals surface area contributed by atoms with E-state index in [-0.39, 0.29) is 18.3 Å². The molecule has 0 aliphatic heterocycles. The zero-order chi connectivity index (χ0) is 27.2. The zero-order valence-electron chi connectivity index (χ0n) is 21.5. The Balaban J connectivity index is 1.27. The second-order valence-electron chi connectivity index (χ2n) is 9.07. The summed E-state index contributed by atoms with van der Waals surface area (Å²) in [6, 6.07) is 14.4. The van der Waals surface area contributed by atoms with Gasteiger partial charge in [-0.2, -0.15) is 5.10 Å². The van der Waals surface area contributed by atoms with Crippen molar-refractivity contribution in [3.05, 3.63) is 89.5 Å².